The first-order valence-electron chi connectivity index (χ1n) is 5.51. The van der Waals surface area contributed by atoms with Crippen LogP contribution in [0.4, 0.5) is 0 Å². The van der Waals surface area contributed by atoms with E-state index in [0.29, 0.717) is 6.42 Å². The third-order valence-corrected chi connectivity index (χ3v) is 1.94. The Labute approximate surface area is 91.3 Å². The molecule has 0 aromatic carbocycles. The van der Waals surface area contributed by atoms with Gasteiger partial charge in [0, 0.05) is 0 Å². The summed E-state index contributed by atoms with van der Waals surface area (Å²) in [4.78, 5) is 11.1. The van der Waals surface area contributed by atoms with Gasteiger partial charge in [0.2, 0.25) is 0 Å². The average molecular weight is 218 g/mol. The Kier molecular flexibility index (Phi) is 7.34. The number of rotatable bonds is 7. The molecule has 4 heteroatoms. The molecule has 0 aromatic heterocycles. The first-order chi connectivity index (χ1) is 6.95. The third kappa shape index (κ3) is 8.39. The predicted octanol–water partition coefficient (Wildman–Crippen LogP) is 1.24. The number of esters is 1. The Balaban J connectivity index is 3.72. The second kappa shape index (κ2) is 7.65. The topological polar surface area (TPSA) is 66.8 Å². The van der Waals surface area contributed by atoms with Crippen LogP contribution < -0.4 is 0 Å². The molecule has 2 N–H and O–H groups in total. The lowest BCUT2D eigenvalue weighted by Crippen LogP contribution is -2.23. The summed E-state index contributed by atoms with van der Waals surface area (Å²) in [6, 6.07) is 0. The summed E-state index contributed by atoms with van der Waals surface area (Å²) in [7, 11) is 0. The Hall–Kier alpha value is -0.610. The zero-order chi connectivity index (χ0) is 11.8. The van der Waals surface area contributed by atoms with Crippen LogP contribution in [0, 0.1) is 0 Å². The van der Waals surface area contributed by atoms with E-state index in [1.807, 2.05) is 6.92 Å². The van der Waals surface area contributed by atoms with Gasteiger partial charge in [0.15, 0.2) is 0 Å². The van der Waals surface area contributed by atoms with Crippen molar-refractivity contribution < 1.29 is 19.7 Å². The quantitative estimate of drug-likeness (QED) is 0.631. The molecule has 0 amide bonds. The minimum absolute atomic E-state index is 0.0427. The number of ether oxygens (including phenoxy) is 1. The van der Waals surface area contributed by atoms with Crippen molar-refractivity contribution in [3.63, 3.8) is 0 Å². The smallest absolute Gasteiger partial charge is 0.308 e. The van der Waals surface area contributed by atoms with Gasteiger partial charge in [-0.1, -0.05) is 13.3 Å². The summed E-state index contributed by atoms with van der Waals surface area (Å²) in [5.41, 5.74) is 0. The molecule has 0 aliphatic rings. The van der Waals surface area contributed by atoms with Gasteiger partial charge in [-0.05, 0) is 26.7 Å². The van der Waals surface area contributed by atoms with Gasteiger partial charge in [-0.15, -0.1) is 0 Å². The van der Waals surface area contributed by atoms with E-state index in [0.717, 1.165) is 6.42 Å². The number of hydrogen-bond acceptors (Lipinski definition) is 4. The van der Waals surface area contributed by atoms with Crippen LogP contribution in [0.2, 0.25) is 0 Å². The molecular weight excluding hydrogens is 196 g/mol. The van der Waals surface area contributed by atoms with E-state index in [9.17, 15) is 15.0 Å². The van der Waals surface area contributed by atoms with Gasteiger partial charge >= 0.3 is 5.97 Å². The van der Waals surface area contributed by atoms with Crippen LogP contribution in [-0.4, -0.2) is 34.5 Å². The molecule has 0 aromatic rings. The maximum absolute atomic E-state index is 11.1. The van der Waals surface area contributed by atoms with Crippen LogP contribution in [0.25, 0.3) is 0 Å². The SMILES string of the molecule is CCCC(O)CC(O)CC(=O)OC(C)C. The van der Waals surface area contributed by atoms with Crippen LogP contribution >= 0.6 is 0 Å². The zero-order valence-corrected chi connectivity index (χ0v) is 9.77. The highest BCUT2D eigenvalue weighted by Gasteiger charge is 2.16. The van der Waals surface area contributed by atoms with E-state index < -0.39 is 18.2 Å². The van der Waals surface area contributed by atoms with E-state index >= 15 is 0 Å². The lowest BCUT2D eigenvalue weighted by Gasteiger charge is -2.15. The third-order valence-electron chi connectivity index (χ3n) is 1.94. The molecule has 0 rings (SSSR count). The molecule has 4 nitrogen and oxygen atoms in total. The van der Waals surface area contributed by atoms with Crippen molar-refractivity contribution in [1.82, 2.24) is 0 Å². The van der Waals surface area contributed by atoms with Gasteiger partial charge in [0.25, 0.3) is 0 Å². The van der Waals surface area contributed by atoms with Crippen LogP contribution in [0.15, 0.2) is 0 Å². The molecule has 0 spiro atoms. The molecule has 0 bridgehead atoms. The second-order valence-corrected chi connectivity index (χ2v) is 4.07. The van der Waals surface area contributed by atoms with E-state index in [1.54, 1.807) is 13.8 Å². The maximum atomic E-state index is 11.1. The summed E-state index contributed by atoms with van der Waals surface area (Å²) in [6.07, 6.45) is 0.209. The van der Waals surface area contributed by atoms with Crippen molar-refractivity contribution in [2.75, 3.05) is 0 Å². The fourth-order valence-corrected chi connectivity index (χ4v) is 1.35. The Morgan fingerprint density at radius 1 is 1.27 bits per heavy atom. The van der Waals surface area contributed by atoms with Crippen LogP contribution in [0.5, 0.6) is 0 Å². The maximum Gasteiger partial charge on any atom is 0.308 e. The zero-order valence-electron chi connectivity index (χ0n) is 9.77. The van der Waals surface area contributed by atoms with Crippen molar-refractivity contribution in [3.8, 4) is 0 Å². The van der Waals surface area contributed by atoms with Crippen molar-refractivity contribution >= 4 is 5.97 Å². The molecule has 0 aliphatic heterocycles. The van der Waals surface area contributed by atoms with Gasteiger partial charge in [0.05, 0.1) is 24.7 Å². The summed E-state index contributed by atoms with van der Waals surface area (Å²) in [5.74, 6) is -0.416. The Morgan fingerprint density at radius 2 is 1.87 bits per heavy atom. The number of hydrogen-bond donors (Lipinski definition) is 2. The highest BCUT2D eigenvalue weighted by atomic mass is 16.5. The Morgan fingerprint density at radius 3 is 2.33 bits per heavy atom. The van der Waals surface area contributed by atoms with Gasteiger partial charge in [-0.25, -0.2) is 0 Å². The van der Waals surface area contributed by atoms with Crippen LogP contribution in [0.1, 0.15) is 46.5 Å². The fourth-order valence-electron chi connectivity index (χ4n) is 1.35. The fraction of sp³-hybridized carbons (Fsp3) is 0.909. The first kappa shape index (κ1) is 14.4. The minimum Gasteiger partial charge on any atom is -0.463 e. The van der Waals surface area contributed by atoms with E-state index in [4.69, 9.17) is 4.74 Å². The molecule has 0 saturated heterocycles. The molecule has 2 atom stereocenters. The molecule has 2 unspecified atom stereocenters. The van der Waals surface area contributed by atoms with E-state index in [-0.39, 0.29) is 18.9 Å². The predicted molar refractivity (Wildman–Crippen MR) is 57.4 cm³/mol. The molecule has 0 aliphatic carbocycles. The van der Waals surface area contributed by atoms with E-state index in [2.05, 4.69) is 0 Å². The normalized spacial score (nSPS) is 15.1. The molecule has 0 heterocycles. The molecule has 15 heavy (non-hydrogen) atoms. The average Bonchev–Trinajstić information content (AvgIpc) is 2.00. The summed E-state index contributed by atoms with van der Waals surface area (Å²) >= 11 is 0. The summed E-state index contributed by atoms with van der Waals surface area (Å²) in [5, 5.41) is 18.9. The number of aliphatic hydroxyl groups is 2. The van der Waals surface area contributed by atoms with Gasteiger partial charge in [-0.3, -0.25) is 4.79 Å². The first-order valence-corrected chi connectivity index (χ1v) is 5.51. The molecule has 90 valence electrons. The molecule has 0 radical (unpaired) electrons. The minimum atomic E-state index is -0.808. The molecule has 0 saturated carbocycles. The summed E-state index contributed by atoms with van der Waals surface area (Å²) < 4.78 is 4.88. The van der Waals surface area contributed by atoms with Crippen molar-refractivity contribution in [2.24, 2.45) is 0 Å². The molecule has 0 fully saturated rings. The monoisotopic (exact) mass is 218 g/mol. The van der Waals surface area contributed by atoms with Crippen LogP contribution in [-0.2, 0) is 9.53 Å². The lowest BCUT2D eigenvalue weighted by atomic mass is 10.1. The van der Waals surface area contributed by atoms with Crippen molar-refractivity contribution in [1.29, 1.82) is 0 Å². The largest absolute Gasteiger partial charge is 0.463 e. The highest BCUT2D eigenvalue weighted by Crippen LogP contribution is 2.08. The van der Waals surface area contributed by atoms with Crippen LogP contribution in [0.3, 0.4) is 0 Å². The number of carbonyl (C=O) groups excluding carboxylic acids is 1. The molecular formula is C11H22O4. The van der Waals surface area contributed by atoms with Gasteiger partial charge < -0.3 is 14.9 Å². The Bertz CT molecular complexity index is 179. The lowest BCUT2D eigenvalue weighted by molar-refractivity contribution is -0.149. The summed E-state index contributed by atoms with van der Waals surface area (Å²) in [6.45, 7) is 5.48. The second-order valence-electron chi connectivity index (χ2n) is 4.07. The number of aliphatic hydroxyl groups excluding tert-OH is 2. The van der Waals surface area contributed by atoms with Crippen molar-refractivity contribution in [2.45, 2.75) is 64.8 Å². The van der Waals surface area contributed by atoms with Crippen molar-refractivity contribution in [3.05, 3.63) is 0 Å². The highest BCUT2D eigenvalue weighted by molar-refractivity contribution is 5.70. The van der Waals surface area contributed by atoms with Gasteiger partial charge in [-0.2, -0.15) is 0 Å². The number of carbonyl (C=O) groups is 1. The van der Waals surface area contributed by atoms with Gasteiger partial charge in [0.1, 0.15) is 0 Å². The standard InChI is InChI=1S/C11H22O4/c1-4-5-9(12)6-10(13)7-11(14)15-8(2)3/h8-10,12-13H,4-7H2,1-3H3. The van der Waals surface area contributed by atoms with E-state index in [1.165, 1.54) is 0 Å².